The van der Waals surface area contributed by atoms with Crippen LogP contribution >= 0.6 is 0 Å². The Hall–Kier alpha value is -2.27. The van der Waals surface area contributed by atoms with E-state index in [1.165, 1.54) is 24.0 Å². The van der Waals surface area contributed by atoms with Gasteiger partial charge in [0.2, 0.25) is 6.41 Å². The summed E-state index contributed by atoms with van der Waals surface area (Å²) in [6.45, 7) is 14.3. The molecule has 2 N–H and O–H groups in total. The van der Waals surface area contributed by atoms with Gasteiger partial charge in [-0.25, -0.2) is 0 Å². The van der Waals surface area contributed by atoms with Crippen molar-refractivity contribution in [3.05, 3.63) is 47.1 Å². The third kappa shape index (κ3) is 7.40. The van der Waals surface area contributed by atoms with Crippen LogP contribution in [0, 0.1) is 5.92 Å². The zero-order valence-corrected chi connectivity index (χ0v) is 20.5. The van der Waals surface area contributed by atoms with Crippen molar-refractivity contribution < 1.29 is 14.6 Å². The Morgan fingerprint density at radius 3 is 2.59 bits per heavy atom. The van der Waals surface area contributed by atoms with Gasteiger partial charge in [0, 0.05) is 37.7 Å². The fourth-order valence-corrected chi connectivity index (χ4v) is 4.59. The number of unbranched alkanes of at least 4 members (excludes halogenated alkanes) is 2. The van der Waals surface area contributed by atoms with Crippen LogP contribution in [0.4, 0.5) is 0 Å². The Bertz CT molecular complexity index is 781. The molecule has 1 aromatic rings. The highest BCUT2D eigenvalue weighted by Gasteiger charge is 2.30. The van der Waals surface area contributed by atoms with Gasteiger partial charge in [-0.2, -0.15) is 0 Å². The molecule has 2 aliphatic rings. The number of rotatable bonds is 8. The molecule has 3 rings (SSSR count). The highest BCUT2D eigenvalue weighted by Crippen LogP contribution is 2.46. The van der Waals surface area contributed by atoms with Gasteiger partial charge in [-0.05, 0) is 63.1 Å². The van der Waals surface area contributed by atoms with Crippen molar-refractivity contribution in [2.45, 2.75) is 65.2 Å². The van der Waals surface area contributed by atoms with E-state index in [1.54, 1.807) is 12.0 Å². The normalized spacial score (nSPS) is 20.6. The lowest BCUT2D eigenvalue weighted by molar-refractivity contribution is -0.118. The topological polar surface area (TPSA) is 61.8 Å². The zero-order chi connectivity index (χ0) is 23.5. The minimum Gasteiger partial charge on any atom is -0.507 e. The Morgan fingerprint density at radius 1 is 1.31 bits per heavy atom. The summed E-state index contributed by atoms with van der Waals surface area (Å²) in [5.74, 6) is 1.68. The van der Waals surface area contributed by atoms with Crippen molar-refractivity contribution in [1.82, 2.24) is 10.2 Å². The molecule has 1 amide bonds. The number of nitrogens with one attached hydrogen (secondary N) is 1. The summed E-state index contributed by atoms with van der Waals surface area (Å²) in [7, 11) is 1.70. The quantitative estimate of drug-likeness (QED) is 0.330. The van der Waals surface area contributed by atoms with Gasteiger partial charge < -0.3 is 20.1 Å². The van der Waals surface area contributed by atoms with Crippen LogP contribution in [0.3, 0.4) is 0 Å². The van der Waals surface area contributed by atoms with Crippen molar-refractivity contribution in [2.24, 2.45) is 5.92 Å². The molecular weight excluding hydrogens is 400 g/mol. The second-order valence-electron chi connectivity index (χ2n) is 9.11. The first-order chi connectivity index (χ1) is 15.4. The van der Waals surface area contributed by atoms with Gasteiger partial charge in [0.25, 0.3) is 0 Å². The van der Waals surface area contributed by atoms with Gasteiger partial charge in [0.05, 0.1) is 7.11 Å². The van der Waals surface area contributed by atoms with E-state index < -0.39 is 0 Å². The van der Waals surface area contributed by atoms with E-state index in [2.05, 4.69) is 44.8 Å². The molecular formula is C27H42N2O3. The Balaban J connectivity index is 0.000000380. The molecule has 0 radical (unpaired) electrons. The van der Waals surface area contributed by atoms with E-state index in [4.69, 9.17) is 4.74 Å². The van der Waals surface area contributed by atoms with E-state index in [-0.39, 0.29) is 5.92 Å². The number of amides is 1. The van der Waals surface area contributed by atoms with Crippen LogP contribution in [0.2, 0.25) is 0 Å². The van der Waals surface area contributed by atoms with E-state index >= 15 is 0 Å². The number of ether oxygens (including phenoxy) is 1. The number of phenols is 1. The number of phenolic OH excluding ortho intramolecular Hbond substituents is 1. The first kappa shape index (κ1) is 26.0. The summed E-state index contributed by atoms with van der Waals surface area (Å²) in [4.78, 5) is 11.8. The average Bonchev–Trinajstić information content (AvgIpc) is 2.79. The maximum absolute atomic E-state index is 10.8. The monoisotopic (exact) mass is 442 g/mol. The van der Waals surface area contributed by atoms with Gasteiger partial charge in [0.1, 0.15) is 11.5 Å². The molecule has 1 aliphatic heterocycles. The number of hydrogen-bond donors (Lipinski definition) is 2. The second kappa shape index (κ2) is 13.3. The number of carbonyl (C=O) groups excluding carboxylic acids is 1. The molecule has 5 nitrogen and oxygen atoms in total. The SMILES string of the molecule is C=C(C)[C@H]1CCC(C)=C[C@@H]1c1c(O)cc(CCCCC)cc1OC.O=CN1CCNCC1. The maximum Gasteiger partial charge on any atom is 0.209 e. The summed E-state index contributed by atoms with van der Waals surface area (Å²) < 4.78 is 5.67. The number of benzene rings is 1. The van der Waals surface area contributed by atoms with Crippen LogP contribution in [-0.4, -0.2) is 49.7 Å². The molecule has 1 heterocycles. The van der Waals surface area contributed by atoms with Gasteiger partial charge in [-0.15, -0.1) is 0 Å². The maximum atomic E-state index is 10.8. The molecule has 1 aliphatic carbocycles. The summed E-state index contributed by atoms with van der Waals surface area (Å²) in [5, 5.41) is 13.9. The molecule has 178 valence electrons. The van der Waals surface area contributed by atoms with E-state index in [1.807, 2.05) is 6.07 Å². The molecule has 1 aromatic carbocycles. The average molecular weight is 443 g/mol. The number of allylic oxidation sites excluding steroid dienone is 3. The van der Waals surface area contributed by atoms with E-state index in [9.17, 15) is 9.90 Å². The molecule has 1 fully saturated rings. The fraction of sp³-hybridized carbons (Fsp3) is 0.593. The van der Waals surface area contributed by atoms with Gasteiger partial charge in [0.15, 0.2) is 0 Å². The van der Waals surface area contributed by atoms with Crippen molar-refractivity contribution in [1.29, 1.82) is 0 Å². The molecule has 0 unspecified atom stereocenters. The number of hydrogen-bond acceptors (Lipinski definition) is 4. The van der Waals surface area contributed by atoms with Crippen LogP contribution < -0.4 is 10.1 Å². The first-order valence-electron chi connectivity index (χ1n) is 12.0. The highest BCUT2D eigenvalue weighted by molar-refractivity contribution is 5.52. The smallest absolute Gasteiger partial charge is 0.209 e. The van der Waals surface area contributed by atoms with Gasteiger partial charge in [-0.3, -0.25) is 4.79 Å². The van der Waals surface area contributed by atoms with E-state index in [0.29, 0.717) is 11.7 Å². The molecule has 5 heteroatoms. The summed E-state index contributed by atoms with van der Waals surface area (Å²) in [6, 6.07) is 4.04. The number of aryl methyl sites for hydroxylation is 1. The summed E-state index contributed by atoms with van der Waals surface area (Å²) in [5.41, 5.74) is 4.64. The van der Waals surface area contributed by atoms with Crippen molar-refractivity contribution in [3.63, 3.8) is 0 Å². The minimum atomic E-state index is 0.149. The molecule has 2 atom stereocenters. The van der Waals surface area contributed by atoms with Crippen molar-refractivity contribution in [3.8, 4) is 11.5 Å². The number of piperazine rings is 1. The molecule has 32 heavy (non-hydrogen) atoms. The minimum absolute atomic E-state index is 0.149. The molecule has 0 aromatic heterocycles. The Morgan fingerprint density at radius 2 is 2.03 bits per heavy atom. The predicted molar refractivity (Wildman–Crippen MR) is 132 cm³/mol. The Kier molecular flexibility index (Phi) is 10.8. The van der Waals surface area contributed by atoms with Crippen LogP contribution in [0.5, 0.6) is 11.5 Å². The zero-order valence-electron chi connectivity index (χ0n) is 20.5. The third-order valence-corrected chi connectivity index (χ3v) is 6.48. The number of aromatic hydroxyl groups is 1. The van der Waals surface area contributed by atoms with Crippen LogP contribution in [0.15, 0.2) is 35.9 Å². The van der Waals surface area contributed by atoms with Crippen LogP contribution in [0.25, 0.3) is 0 Å². The third-order valence-electron chi connectivity index (χ3n) is 6.48. The lowest BCUT2D eigenvalue weighted by atomic mass is 9.73. The molecule has 0 saturated carbocycles. The summed E-state index contributed by atoms with van der Waals surface area (Å²) >= 11 is 0. The number of nitrogens with zero attached hydrogens (tertiary/aromatic N) is 1. The van der Waals surface area contributed by atoms with Crippen LogP contribution in [0.1, 0.15) is 69.9 Å². The van der Waals surface area contributed by atoms with Crippen molar-refractivity contribution >= 4 is 6.41 Å². The first-order valence-corrected chi connectivity index (χ1v) is 12.0. The van der Waals surface area contributed by atoms with Crippen LogP contribution in [-0.2, 0) is 11.2 Å². The molecule has 1 saturated heterocycles. The molecule has 0 spiro atoms. The number of carbonyl (C=O) groups is 1. The second-order valence-corrected chi connectivity index (χ2v) is 9.11. The van der Waals surface area contributed by atoms with Gasteiger partial charge in [-0.1, -0.05) is 43.6 Å². The fourth-order valence-electron chi connectivity index (χ4n) is 4.59. The lowest BCUT2D eigenvalue weighted by Crippen LogP contribution is -2.42. The highest BCUT2D eigenvalue weighted by atomic mass is 16.5. The standard InChI is InChI=1S/C22H32O2.C5H10N2O/c1-6-7-8-9-17-13-20(23)22(21(14-17)24-5)19-12-16(4)10-11-18(19)15(2)3;8-5-7-3-1-6-2-4-7/h12-14,18-19,23H,2,6-11H2,1,3-5H3;5-6H,1-4H2/t18-,19+;/m1./s1. The number of methoxy groups -OCH3 is 1. The van der Waals surface area contributed by atoms with E-state index in [0.717, 1.165) is 75.1 Å². The predicted octanol–water partition coefficient (Wildman–Crippen LogP) is 5.20. The Labute approximate surface area is 194 Å². The van der Waals surface area contributed by atoms with Crippen molar-refractivity contribution in [2.75, 3.05) is 33.3 Å². The largest absolute Gasteiger partial charge is 0.507 e. The summed E-state index contributed by atoms with van der Waals surface area (Å²) in [6.07, 6.45) is 9.94. The molecule has 0 bridgehead atoms. The lowest BCUT2D eigenvalue weighted by Gasteiger charge is -2.32. The van der Waals surface area contributed by atoms with Gasteiger partial charge >= 0.3 is 0 Å².